The van der Waals surface area contributed by atoms with Crippen LogP contribution in [-0.4, -0.2) is 51.3 Å². The van der Waals surface area contributed by atoms with Crippen LogP contribution in [0.25, 0.3) is 10.9 Å². The van der Waals surface area contributed by atoms with Crippen molar-refractivity contribution in [2.45, 2.75) is 70.5 Å². The fourth-order valence-electron chi connectivity index (χ4n) is 7.72. The molecule has 1 aromatic heterocycles. The van der Waals surface area contributed by atoms with Crippen molar-refractivity contribution in [3.63, 3.8) is 0 Å². The van der Waals surface area contributed by atoms with Gasteiger partial charge in [0, 0.05) is 30.9 Å². The molecule has 1 saturated carbocycles. The van der Waals surface area contributed by atoms with Gasteiger partial charge in [-0.1, -0.05) is 92.6 Å². The fraction of sp³-hybridized carbons (Fsp3) is 0.417. The third-order valence-electron chi connectivity index (χ3n) is 9.99. The Kier molecular flexibility index (Phi) is 7.29. The molecule has 7 rings (SSSR count). The molecule has 43 heavy (non-hydrogen) atoms. The second kappa shape index (κ2) is 11.3. The minimum absolute atomic E-state index is 0.102. The molecule has 3 heterocycles. The van der Waals surface area contributed by atoms with Gasteiger partial charge < -0.3 is 4.74 Å². The van der Waals surface area contributed by atoms with E-state index in [-0.39, 0.29) is 18.4 Å². The van der Waals surface area contributed by atoms with Crippen LogP contribution in [0, 0.1) is 5.41 Å². The molecule has 3 atom stereocenters. The molecule has 3 aliphatic rings. The number of cyclic esters (lactones) is 1. The number of imide groups is 1. The summed E-state index contributed by atoms with van der Waals surface area (Å²) in [4.78, 5) is 31.7. The highest BCUT2D eigenvalue weighted by Gasteiger charge is 2.54. The van der Waals surface area contributed by atoms with Crippen molar-refractivity contribution >= 4 is 22.9 Å². The predicted molar refractivity (Wildman–Crippen MR) is 167 cm³/mol. The lowest BCUT2D eigenvalue weighted by Gasteiger charge is -2.34. The van der Waals surface area contributed by atoms with Crippen molar-refractivity contribution in [3.8, 4) is 0 Å². The van der Waals surface area contributed by atoms with E-state index in [1.807, 2.05) is 36.4 Å². The molecular formula is C36H40N4O3. The van der Waals surface area contributed by atoms with E-state index in [0.717, 1.165) is 49.2 Å². The van der Waals surface area contributed by atoms with Gasteiger partial charge in [-0.15, -0.1) is 0 Å². The van der Waals surface area contributed by atoms with Crippen LogP contribution < -0.4 is 0 Å². The third-order valence-corrected chi connectivity index (χ3v) is 9.99. The smallest absolute Gasteiger partial charge is 0.417 e. The SMILES string of the molecule is CCc1nn(C2CCCC2)c2cc(C3CN(Cc4ccccc4)C[C@@]3(C)C(=O)N3C(=O)OCC3c3ccccc3)ccc12. The van der Waals surface area contributed by atoms with E-state index in [0.29, 0.717) is 12.6 Å². The number of rotatable bonds is 7. The Labute approximate surface area is 253 Å². The maximum atomic E-state index is 14.7. The van der Waals surface area contributed by atoms with Crippen molar-refractivity contribution in [1.82, 2.24) is 19.6 Å². The maximum absolute atomic E-state index is 14.7. The van der Waals surface area contributed by atoms with Crippen molar-refractivity contribution in [1.29, 1.82) is 0 Å². The van der Waals surface area contributed by atoms with Gasteiger partial charge in [0.25, 0.3) is 0 Å². The van der Waals surface area contributed by atoms with Crippen LogP contribution in [0.15, 0.2) is 78.9 Å². The number of benzene rings is 3. The summed E-state index contributed by atoms with van der Waals surface area (Å²) in [5, 5.41) is 6.29. The molecule has 3 fully saturated rings. The predicted octanol–water partition coefficient (Wildman–Crippen LogP) is 7.04. The molecule has 7 nitrogen and oxygen atoms in total. The van der Waals surface area contributed by atoms with Crippen LogP contribution in [0.4, 0.5) is 4.79 Å². The summed E-state index contributed by atoms with van der Waals surface area (Å²) in [6.45, 7) is 6.41. The zero-order valence-corrected chi connectivity index (χ0v) is 25.1. The summed E-state index contributed by atoms with van der Waals surface area (Å²) >= 11 is 0. The lowest BCUT2D eigenvalue weighted by Crippen LogP contribution is -2.47. The zero-order chi connectivity index (χ0) is 29.6. The van der Waals surface area contributed by atoms with Crippen LogP contribution in [0.2, 0.25) is 0 Å². The first-order chi connectivity index (χ1) is 21.0. The molecular weight excluding hydrogens is 536 g/mol. The highest BCUT2D eigenvalue weighted by molar-refractivity contribution is 5.98. The zero-order valence-electron chi connectivity index (χ0n) is 25.1. The van der Waals surface area contributed by atoms with Crippen LogP contribution >= 0.6 is 0 Å². The Morgan fingerprint density at radius 2 is 1.70 bits per heavy atom. The third kappa shape index (κ3) is 4.93. The number of carbonyl (C=O) groups is 2. The fourth-order valence-corrected chi connectivity index (χ4v) is 7.72. The van der Waals surface area contributed by atoms with Gasteiger partial charge >= 0.3 is 6.09 Å². The van der Waals surface area contributed by atoms with Gasteiger partial charge in [-0.25, -0.2) is 9.69 Å². The maximum Gasteiger partial charge on any atom is 0.417 e. The first kappa shape index (κ1) is 27.8. The summed E-state index contributed by atoms with van der Waals surface area (Å²) in [6, 6.07) is 26.9. The molecule has 4 aromatic rings. The van der Waals surface area contributed by atoms with Crippen molar-refractivity contribution in [3.05, 3.63) is 101 Å². The number of ether oxygens (including phenoxy) is 1. The highest BCUT2D eigenvalue weighted by Crippen LogP contribution is 2.47. The number of aromatic nitrogens is 2. The van der Waals surface area contributed by atoms with Crippen LogP contribution in [0.5, 0.6) is 0 Å². The summed E-state index contributed by atoms with van der Waals surface area (Å²) in [5.74, 6) is -0.266. The molecule has 3 aromatic carbocycles. The number of likely N-dealkylation sites (tertiary alicyclic amines) is 1. The average molecular weight is 577 g/mol. The second-order valence-electron chi connectivity index (χ2n) is 12.8. The largest absolute Gasteiger partial charge is 0.446 e. The molecule has 0 radical (unpaired) electrons. The first-order valence-electron chi connectivity index (χ1n) is 15.8. The Bertz CT molecular complexity index is 1630. The van der Waals surface area contributed by atoms with E-state index in [2.05, 4.69) is 65.9 Å². The second-order valence-corrected chi connectivity index (χ2v) is 12.8. The summed E-state index contributed by atoms with van der Waals surface area (Å²) in [5.41, 5.74) is 4.72. The van der Waals surface area contributed by atoms with E-state index >= 15 is 0 Å². The van der Waals surface area contributed by atoms with Gasteiger partial charge in [-0.05, 0) is 48.9 Å². The standard InChI is InChI=1S/C36H40N4O3/c1-3-31-29-19-18-27(20-32(29)40(37-31)28-16-10-11-17-28)30-22-38(21-25-12-6-4-7-13-25)24-36(30,2)34(41)39-33(23-43-35(39)42)26-14-8-5-9-15-26/h4-9,12-15,18-20,28,30,33H,3,10-11,16-17,21-24H2,1-2H3/t30?,33?,36-/m1/s1. The summed E-state index contributed by atoms with van der Waals surface area (Å²) < 4.78 is 7.78. The minimum atomic E-state index is -0.829. The van der Waals surface area contributed by atoms with Crippen LogP contribution in [0.1, 0.15) is 79.9 Å². The number of hydrogen-bond donors (Lipinski definition) is 0. The van der Waals surface area contributed by atoms with Crippen LogP contribution in [-0.2, 0) is 22.5 Å². The summed E-state index contributed by atoms with van der Waals surface area (Å²) in [7, 11) is 0. The quantitative estimate of drug-likeness (QED) is 0.236. The normalized spacial score (nSPS) is 24.7. The number of amides is 2. The molecule has 2 aliphatic heterocycles. The molecule has 2 saturated heterocycles. The van der Waals surface area contributed by atoms with Gasteiger partial charge in [0.2, 0.25) is 5.91 Å². The lowest BCUT2D eigenvalue weighted by atomic mass is 9.74. The van der Waals surface area contributed by atoms with E-state index in [1.54, 1.807) is 0 Å². The minimum Gasteiger partial charge on any atom is -0.446 e. The highest BCUT2D eigenvalue weighted by atomic mass is 16.6. The number of fused-ring (bicyclic) bond motifs is 1. The summed E-state index contributed by atoms with van der Waals surface area (Å²) in [6.07, 6.45) is 5.14. The lowest BCUT2D eigenvalue weighted by molar-refractivity contribution is -0.139. The van der Waals surface area contributed by atoms with Crippen molar-refractivity contribution < 1.29 is 14.3 Å². The first-order valence-corrected chi connectivity index (χ1v) is 15.8. The number of aryl methyl sites for hydroxylation is 1. The molecule has 7 heteroatoms. The van der Waals surface area contributed by atoms with E-state index < -0.39 is 17.6 Å². The molecule has 0 N–H and O–H groups in total. The topological polar surface area (TPSA) is 67.7 Å². The molecule has 2 amide bonds. The Morgan fingerprint density at radius 3 is 2.42 bits per heavy atom. The average Bonchev–Trinajstić information content (AvgIpc) is 3.83. The van der Waals surface area contributed by atoms with Gasteiger partial charge in [0.15, 0.2) is 0 Å². The Balaban J connectivity index is 1.29. The van der Waals surface area contributed by atoms with Crippen LogP contribution in [0.3, 0.4) is 0 Å². The molecule has 1 aliphatic carbocycles. The molecule has 2 unspecified atom stereocenters. The monoisotopic (exact) mass is 576 g/mol. The van der Waals surface area contributed by atoms with E-state index in [1.165, 1.54) is 34.2 Å². The van der Waals surface area contributed by atoms with Gasteiger partial charge in [-0.2, -0.15) is 5.10 Å². The number of nitrogens with zero attached hydrogens (tertiary/aromatic N) is 4. The van der Waals surface area contributed by atoms with Gasteiger partial charge in [-0.3, -0.25) is 14.4 Å². The Morgan fingerprint density at radius 1 is 0.977 bits per heavy atom. The van der Waals surface area contributed by atoms with E-state index in [9.17, 15) is 9.59 Å². The van der Waals surface area contributed by atoms with Gasteiger partial charge in [0.05, 0.1) is 22.7 Å². The molecule has 0 bridgehead atoms. The number of hydrogen-bond acceptors (Lipinski definition) is 5. The van der Waals surface area contributed by atoms with Gasteiger partial charge in [0.1, 0.15) is 12.6 Å². The molecule has 222 valence electrons. The molecule has 0 spiro atoms. The van der Waals surface area contributed by atoms with E-state index in [4.69, 9.17) is 9.84 Å². The Hall–Kier alpha value is -3.97. The van der Waals surface area contributed by atoms with Crippen molar-refractivity contribution in [2.75, 3.05) is 19.7 Å². The van der Waals surface area contributed by atoms with Crippen molar-refractivity contribution in [2.24, 2.45) is 5.41 Å². The number of carbonyl (C=O) groups excluding carboxylic acids is 2.